The van der Waals surface area contributed by atoms with Gasteiger partial charge in [0.1, 0.15) is 11.6 Å². The molecule has 1 heterocycles. The number of carbonyl (C=O) groups excluding carboxylic acids is 1. The van der Waals surface area contributed by atoms with Gasteiger partial charge in [0, 0.05) is 31.4 Å². The van der Waals surface area contributed by atoms with Gasteiger partial charge in [0.2, 0.25) is 0 Å². The van der Waals surface area contributed by atoms with Gasteiger partial charge in [-0.1, -0.05) is 12.1 Å². The van der Waals surface area contributed by atoms with Gasteiger partial charge < -0.3 is 20.4 Å². The number of furan rings is 1. The number of carbonyl (C=O) groups is 1. The van der Waals surface area contributed by atoms with Crippen LogP contribution in [0.25, 0.3) is 0 Å². The highest BCUT2D eigenvalue weighted by Crippen LogP contribution is 2.12. The Balaban J connectivity index is 1.50. The lowest BCUT2D eigenvalue weighted by atomic mass is 10.2. The van der Waals surface area contributed by atoms with Crippen LogP contribution in [0, 0.1) is 11.6 Å². The maximum absolute atomic E-state index is 13.7. The van der Waals surface area contributed by atoms with E-state index in [1.165, 1.54) is 6.26 Å². The SMILES string of the molecule is CN=C(NCc1ccc(NC(=O)c2ccco2)cc1)NCc1cc(F)ccc1F. The molecule has 1 amide bonds. The molecule has 2 aromatic carbocycles. The van der Waals surface area contributed by atoms with Crippen LogP contribution >= 0.6 is 0 Å². The Hall–Kier alpha value is -3.68. The maximum atomic E-state index is 13.7. The first-order chi connectivity index (χ1) is 14.0. The van der Waals surface area contributed by atoms with E-state index in [0.29, 0.717) is 18.2 Å². The van der Waals surface area contributed by atoms with Crippen molar-refractivity contribution in [3.05, 3.63) is 89.4 Å². The molecule has 0 radical (unpaired) electrons. The molecule has 6 nitrogen and oxygen atoms in total. The van der Waals surface area contributed by atoms with Crippen LogP contribution in [0.2, 0.25) is 0 Å². The third-order valence-corrected chi connectivity index (χ3v) is 4.09. The Morgan fingerprint density at radius 1 is 1.03 bits per heavy atom. The molecule has 0 unspecified atom stereocenters. The fourth-order valence-electron chi connectivity index (χ4n) is 2.57. The number of amides is 1. The van der Waals surface area contributed by atoms with Crippen molar-refractivity contribution in [1.29, 1.82) is 0 Å². The van der Waals surface area contributed by atoms with E-state index in [-0.39, 0.29) is 23.8 Å². The summed E-state index contributed by atoms with van der Waals surface area (Å²) in [5.74, 6) is -0.619. The van der Waals surface area contributed by atoms with Gasteiger partial charge in [-0.2, -0.15) is 0 Å². The minimum absolute atomic E-state index is 0.0982. The zero-order chi connectivity index (χ0) is 20.6. The summed E-state index contributed by atoms with van der Waals surface area (Å²) < 4.78 is 32.0. The van der Waals surface area contributed by atoms with Crippen molar-refractivity contribution < 1.29 is 18.0 Å². The number of nitrogens with one attached hydrogen (secondary N) is 3. The van der Waals surface area contributed by atoms with E-state index in [1.54, 1.807) is 31.3 Å². The second-order valence-corrected chi connectivity index (χ2v) is 6.14. The van der Waals surface area contributed by atoms with Gasteiger partial charge in [0.05, 0.1) is 6.26 Å². The van der Waals surface area contributed by atoms with E-state index >= 15 is 0 Å². The molecule has 0 aliphatic heterocycles. The lowest BCUT2D eigenvalue weighted by molar-refractivity contribution is 0.0996. The third-order valence-electron chi connectivity index (χ3n) is 4.09. The largest absolute Gasteiger partial charge is 0.459 e. The Bertz CT molecular complexity index is 986. The van der Waals surface area contributed by atoms with Crippen LogP contribution in [0.3, 0.4) is 0 Å². The Labute approximate surface area is 166 Å². The molecule has 0 fully saturated rings. The van der Waals surface area contributed by atoms with Crippen molar-refractivity contribution in [2.75, 3.05) is 12.4 Å². The van der Waals surface area contributed by atoms with Crippen LogP contribution in [-0.2, 0) is 13.1 Å². The molecule has 0 aliphatic rings. The van der Waals surface area contributed by atoms with Crippen LogP contribution in [0.4, 0.5) is 14.5 Å². The van der Waals surface area contributed by atoms with E-state index in [4.69, 9.17) is 4.42 Å². The van der Waals surface area contributed by atoms with Gasteiger partial charge in [-0.05, 0) is 48.0 Å². The monoisotopic (exact) mass is 398 g/mol. The van der Waals surface area contributed by atoms with Gasteiger partial charge in [0.25, 0.3) is 5.91 Å². The van der Waals surface area contributed by atoms with Crippen LogP contribution in [0.1, 0.15) is 21.7 Å². The molecule has 3 rings (SSSR count). The average molecular weight is 398 g/mol. The number of aliphatic imine (C=N–C) groups is 1. The summed E-state index contributed by atoms with van der Waals surface area (Å²) in [5, 5.41) is 8.78. The number of guanidine groups is 1. The van der Waals surface area contributed by atoms with Gasteiger partial charge in [-0.3, -0.25) is 9.79 Å². The molecule has 0 spiro atoms. The van der Waals surface area contributed by atoms with Crippen LogP contribution in [0.15, 0.2) is 70.3 Å². The summed E-state index contributed by atoms with van der Waals surface area (Å²) >= 11 is 0. The molecule has 0 saturated carbocycles. The molecule has 29 heavy (non-hydrogen) atoms. The summed E-state index contributed by atoms with van der Waals surface area (Å²) in [6, 6.07) is 13.8. The van der Waals surface area contributed by atoms with Gasteiger partial charge in [0.15, 0.2) is 11.7 Å². The van der Waals surface area contributed by atoms with Gasteiger partial charge >= 0.3 is 0 Å². The van der Waals surface area contributed by atoms with E-state index < -0.39 is 11.6 Å². The normalized spacial score (nSPS) is 11.2. The average Bonchev–Trinajstić information content (AvgIpc) is 3.27. The first-order valence-corrected chi connectivity index (χ1v) is 8.87. The summed E-state index contributed by atoms with van der Waals surface area (Å²) in [5.41, 5.74) is 1.80. The molecule has 3 aromatic rings. The topological polar surface area (TPSA) is 78.7 Å². The lowest BCUT2D eigenvalue weighted by Crippen LogP contribution is -2.36. The summed E-state index contributed by atoms with van der Waals surface area (Å²) in [4.78, 5) is 16.0. The summed E-state index contributed by atoms with van der Waals surface area (Å²) in [6.45, 7) is 0.554. The molecule has 0 aliphatic carbocycles. The molecule has 150 valence electrons. The standard InChI is InChI=1S/C21H20F2N4O2/c1-24-21(26-13-15-11-16(22)6-9-18(15)23)25-12-14-4-7-17(8-5-14)27-20(28)19-3-2-10-29-19/h2-11H,12-13H2,1H3,(H,27,28)(H2,24,25,26). The summed E-state index contributed by atoms with van der Waals surface area (Å²) in [7, 11) is 1.59. The first kappa shape index (κ1) is 20.1. The summed E-state index contributed by atoms with van der Waals surface area (Å²) in [6.07, 6.45) is 1.44. The minimum atomic E-state index is -0.495. The molecule has 3 N–H and O–H groups in total. The van der Waals surface area contributed by atoms with E-state index in [9.17, 15) is 13.6 Å². The highest BCUT2D eigenvalue weighted by atomic mass is 19.1. The Morgan fingerprint density at radius 2 is 1.79 bits per heavy atom. The fraction of sp³-hybridized carbons (Fsp3) is 0.143. The van der Waals surface area contributed by atoms with Crippen molar-refractivity contribution >= 4 is 17.6 Å². The Kier molecular flexibility index (Phi) is 6.57. The van der Waals surface area contributed by atoms with Crippen molar-refractivity contribution in [3.8, 4) is 0 Å². The molecular weight excluding hydrogens is 378 g/mol. The van der Waals surface area contributed by atoms with Gasteiger partial charge in [-0.25, -0.2) is 8.78 Å². The molecule has 0 atom stereocenters. The second-order valence-electron chi connectivity index (χ2n) is 6.14. The van der Waals surface area contributed by atoms with E-state index in [1.807, 2.05) is 12.1 Å². The highest BCUT2D eigenvalue weighted by molar-refractivity contribution is 6.02. The van der Waals surface area contributed by atoms with Crippen LogP contribution < -0.4 is 16.0 Å². The number of rotatable bonds is 6. The fourth-order valence-corrected chi connectivity index (χ4v) is 2.57. The van der Waals surface area contributed by atoms with E-state index in [0.717, 1.165) is 23.8 Å². The predicted molar refractivity (Wildman–Crippen MR) is 106 cm³/mol. The number of benzene rings is 2. The first-order valence-electron chi connectivity index (χ1n) is 8.87. The van der Waals surface area contributed by atoms with Crippen molar-refractivity contribution in [1.82, 2.24) is 10.6 Å². The molecule has 0 saturated heterocycles. The van der Waals surface area contributed by atoms with Crippen LogP contribution in [-0.4, -0.2) is 18.9 Å². The number of nitrogens with zero attached hydrogens (tertiary/aromatic N) is 1. The molecule has 1 aromatic heterocycles. The highest BCUT2D eigenvalue weighted by Gasteiger charge is 2.09. The number of anilines is 1. The Morgan fingerprint density at radius 3 is 2.48 bits per heavy atom. The van der Waals surface area contributed by atoms with Crippen LogP contribution in [0.5, 0.6) is 0 Å². The van der Waals surface area contributed by atoms with Crippen molar-refractivity contribution in [2.45, 2.75) is 13.1 Å². The zero-order valence-corrected chi connectivity index (χ0v) is 15.7. The molecular formula is C21H20F2N4O2. The zero-order valence-electron chi connectivity index (χ0n) is 15.7. The quantitative estimate of drug-likeness (QED) is 0.437. The predicted octanol–water partition coefficient (Wildman–Crippen LogP) is 3.68. The maximum Gasteiger partial charge on any atom is 0.291 e. The number of halogens is 2. The van der Waals surface area contributed by atoms with Crippen molar-refractivity contribution in [2.24, 2.45) is 4.99 Å². The smallest absolute Gasteiger partial charge is 0.291 e. The minimum Gasteiger partial charge on any atom is -0.459 e. The third kappa shape index (κ3) is 5.65. The van der Waals surface area contributed by atoms with Crippen molar-refractivity contribution in [3.63, 3.8) is 0 Å². The molecule has 8 heteroatoms. The molecule has 0 bridgehead atoms. The second kappa shape index (κ2) is 9.50. The van der Waals surface area contributed by atoms with E-state index in [2.05, 4.69) is 20.9 Å². The number of hydrogen-bond acceptors (Lipinski definition) is 3. The lowest BCUT2D eigenvalue weighted by Gasteiger charge is -2.13. The number of hydrogen-bond donors (Lipinski definition) is 3. The van der Waals surface area contributed by atoms with Gasteiger partial charge in [-0.15, -0.1) is 0 Å².